The maximum absolute atomic E-state index is 9.11. The highest BCUT2D eigenvalue weighted by Crippen LogP contribution is 2.23. The number of likely N-dealkylation sites (tertiary alicyclic amines) is 1. The van der Waals surface area contributed by atoms with Crippen LogP contribution in [0.1, 0.15) is 35.1 Å². The molecule has 0 aromatic heterocycles. The highest BCUT2D eigenvalue weighted by atomic mass is 15.2. The SMILES string of the molecule is Cc1cc(C)c(CN2CCCC2C#N)c(C)c1. The molecule has 0 bridgehead atoms. The van der Waals surface area contributed by atoms with Crippen LogP contribution in [0, 0.1) is 32.1 Å². The summed E-state index contributed by atoms with van der Waals surface area (Å²) >= 11 is 0. The van der Waals surface area contributed by atoms with Gasteiger partial charge in [0.25, 0.3) is 0 Å². The third-order valence-corrected chi connectivity index (χ3v) is 3.71. The number of hydrogen-bond donors (Lipinski definition) is 0. The zero-order valence-electron chi connectivity index (χ0n) is 11.0. The molecule has 2 heteroatoms. The summed E-state index contributed by atoms with van der Waals surface area (Å²) in [6, 6.07) is 7.00. The van der Waals surface area contributed by atoms with Gasteiger partial charge in [0.15, 0.2) is 0 Å². The van der Waals surface area contributed by atoms with Gasteiger partial charge >= 0.3 is 0 Å². The summed E-state index contributed by atoms with van der Waals surface area (Å²) in [5.74, 6) is 0. The third kappa shape index (κ3) is 2.50. The molecule has 1 aromatic carbocycles. The van der Waals surface area contributed by atoms with E-state index in [0.29, 0.717) is 0 Å². The van der Waals surface area contributed by atoms with Crippen molar-refractivity contribution >= 4 is 0 Å². The minimum atomic E-state index is 0.120. The van der Waals surface area contributed by atoms with Crippen molar-refractivity contribution in [3.63, 3.8) is 0 Å². The van der Waals surface area contributed by atoms with E-state index in [4.69, 9.17) is 5.26 Å². The van der Waals surface area contributed by atoms with E-state index in [-0.39, 0.29) is 6.04 Å². The lowest BCUT2D eigenvalue weighted by atomic mass is 9.99. The van der Waals surface area contributed by atoms with E-state index in [1.54, 1.807) is 0 Å². The number of benzene rings is 1. The molecule has 90 valence electrons. The largest absolute Gasteiger partial charge is 0.284 e. The minimum absolute atomic E-state index is 0.120. The molecule has 1 aliphatic heterocycles. The van der Waals surface area contributed by atoms with Crippen molar-refractivity contribution in [3.05, 3.63) is 34.4 Å². The van der Waals surface area contributed by atoms with E-state index in [9.17, 15) is 0 Å². The van der Waals surface area contributed by atoms with Crippen LogP contribution < -0.4 is 0 Å². The van der Waals surface area contributed by atoms with Gasteiger partial charge < -0.3 is 0 Å². The Bertz CT molecular complexity index is 433. The molecule has 1 unspecified atom stereocenters. The quantitative estimate of drug-likeness (QED) is 0.777. The van der Waals surface area contributed by atoms with Crippen LogP contribution in [-0.2, 0) is 6.54 Å². The summed E-state index contributed by atoms with van der Waals surface area (Å²) in [4.78, 5) is 2.31. The first-order valence-corrected chi connectivity index (χ1v) is 6.32. The molecule has 0 saturated carbocycles. The highest BCUT2D eigenvalue weighted by Gasteiger charge is 2.24. The molecule has 1 saturated heterocycles. The standard InChI is InChI=1S/C15H20N2/c1-11-7-12(2)15(13(3)8-11)10-17-6-4-5-14(17)9-16/h7-8,14H,4-6,10H2,1-3H3. The van der Waals surface area contributed by atoms with Crippen LogP contribution in [0.15, 0.2) is 12.1 Å². The van der Waals surface area contributed by atoms with E-state index in [1.807, 2.05) is 0 Å². The van der Waals surface area contributed by atoms with Crippen molar-refractivity contribution in [1.29, 1.82) is 5.26 Å². The molecule has 1 heterocycles. The lowest BCUT2D eigenvalue weighted by Gasteiger charge is -2.22. The number of rotatable bonds is 2. The summed E-state index contributed by atoms with van der Waals surface area (Å²) < 4.78 is 0. The Kier molecular flexibility index (Phi) is 3.49. The normalized spacial score (nSPS) is 20.5. The minimum Gasteiger partial charge on any atom is -0.284 e. The molecule has 1 aliphatic rings. The third-order valence-electron chi connectivity index (χ3n) is 3.71. The van der Waals surface area contributed by atoms with Crippen molar-refractivity contribution in [2.45, 2.75) is 46.2 Å². The fourth-order valence-electron chi connectivity index (χ4n) is 2.82. The smallest absolute Gasteiger partial charge is 0.0981 e. The molecule has 1 aromatic rings. The van der Waals surface area contributed by atoms with Crippen LogP contribution in [0.2, 0.25) is 0 Å². The number of hydrogen-bond acceptors (Lipinski definition) is 2. The van der Waals surface area contributed by atoms with Crippen LogP contribution >= 0.6 is 0 Å². The molecule has 0 amide bonds. The summed E-state index contributed by atoms with van der Waals surface area (Å²) in [6.07, 6.45) is 2.18. The monoisotopic (exact) mass is 228 g/mol. The van der Waals surface area contributed by atoms with Gasteiger partial charge in [-0.05, 0) is 56.8 Å². The molecule has 0 N–H and O–H groups in total. The van der Waals surface area contributed by atoms with Gasteiger partial charge in [-0.15, -0.1) is 0 Å². The molecule has 0 aliphatic carbocycles. The van der Waals surface area contributed by atoms with Gasteiger partial charge in [-0.3, -0.25) is 4.90 Å². The predicted octanol–water partition coefficient (Wildman–Crippen LogP) is 3.10. The Balaban J connectivity index is 2.22. The topological polar surface area (TPSA) is 27.0 Å². The molecule has 1 fully saturated rings. The average Bonchev–Trinajstić information content (AvgIpc) is 2.70. The van der Waals surface area contributed by atoms with Crippen molar-refractivity contribution < 1.29 is 0 Å². The zero-order valence-corrected chi connectivity index (χ0v) is 11.0. The first-order valence-electron chi connectivity index (χ1n) is 6.32. The van der Waals surface area contributed by atoms with Crippen LogP contribution in [0.25, 0.3) is 0 Å². The Labute approximate surface area is 104 Å². The molecule has 17 heavy (non-hydrogen) atoms. The average molecular weight is 228 g/mol. The molecule has 0 radical (unpaired) electrons. The summed E-state index contributed by atoms with van der Waals surface area (Å²) in [5, 5.41) is 9.11. The molecular weight excluding hydrogens is 208 g/mol. The van der Waals surface area contributed by atoms with Crippen molar-refractivity contribution in [2.24, 2.45) is 0 Å². The summed E-state index contributed by atoms with van der Waals surface area (Å²) in [6.45, 7) is 8.47. The maximum Gasteiger partial charge on any atom is 0.0981 e. The van der Waals surface area contributed by atoms with E-state index in [1.165, 1.54) is 22.3 Å². The van der Waals surface area contributed by atoms with Crippen LogP contribution in [0.3, 0.4) is 0 Å². The Morgan fingerprint density at radius 2 is 1.94 bits per heavy atom. The van der Waals surface area contributed by atoms with Crippen molar-refractivity contribution in [2.75, 3.05) is 6.54 Å². The maximum atomic E-state index is 9.11. The predicted molar refractivity (Wildman–Crippen MR) is 69.7 cm³/mol. The van der Waals surface area contributed by atoms with Gasteiger partial charge in [0.1, 0.15) is 0 Å². The molecular formula is C15H20N2. The number of nitrogens with zero attached hydrogens (tertiary/aromatic N) is 2. The van der Waals surface area contributed by atoms with Crippen molar-refractivity contribution in [3.8, 4) is 6.07 Å². The van der Waals surface area contributed by atoms with E-state index in [2.05, 4.69) is 43.9 Å². The molecule has 2 rings (SSSR count). The second kappa shape index (κ2) is 4.89. The van der Waals surface area contributed by atoms with Gasteiger partial charge in [-0.1, -0.05) is 17.7 Å². The zero-order chi connectivity index (χ0) is 12.4. The lowest BCUT2D eigenvalue weighted by Crippen LogP contribution is -2.28. The van der Waals surface area contributed by atoms with E-state index >= 15 is 0 Å². The molecule has 2 nitrogen and oxygen atoms in total. The van der Waals surface area contributed by atoms with Gasteiger partial charge in [-0.25, -0.2) is 0 Å². The van der Waals surface area contributed by atoms with E-state index in [0.717, 1.165) is 25.9 Å². The Hall–Kier alpha value is -1.33. The Morgan fingerprint density at radius 1 is 1.29 bits per heavy atom. The van der Waals surface area contributed by atoms with Crippen LogP contribution in [0.4, 0.5) is 0 Å². The van der Waals surface area contributed by atoms with Gasteiger partial charge in [-0.2, -0.15) is 5.26 Å². The van der Waals surface area contributed by atoms with Crippen molar-refractivity contribution in [1.82, 2.24) is 4.90 Å². The second-order valence-electron chi connectivity index (χ2n) is 5.13. The number of aryl methyl sites for hydroxylation is 3. The second-order valence-corrected chi connectivity index (χ2v) is 5.13. The fourth-order valence-corrected chi connectivity index (χ4v) is 2.82. The Morgan fingerprint density at radius 3 is 2.53 bits per heavy atom. The van der Waals surface area contributed by atoms with Gasteiger partial charge in [0.05, 0.1) is 12.1 Å². The van der Waals surface area contributed by atoms with Crippen LogP contribution in [0.5, 0.6) is 0 Å². The number of nitriles is 1. The van der Waals surface area contributed by atoms with E-state index < -0.39 is 0 Å². The lowest BCUT2D eigenvalue weighted by molar-refractivity contribution is 0.285. The summed E-state index contributed by atoms with van der Waals surface area (Å²) in [7, 11) is 0. The highest BCUT2D eigenvalue weighted by molar-refractivity contribution is 5.37. The van der Waals surface area contributed by atoms with Crippen LogP contribution in [-0.4, -0.2) is 17.5 Å². The molecule has 1 atom stereocenters. The first kappa shape index (κ1) is 12.1. The summed E-state index contributed by atoms with van der Waals surface area (Å²) in [5.41, 5.74) is 5.43. The fraction of sp³-hybridized carbons (Fsp3) is 0.533. The molecule has 0 spiro atoms. The first-order chi connectivity index (χ1) is 8.11. The van der Waals surface area contributed by atoms with Gasteiger partial charge in [0, 0.05) is 6.54 Å². The van der Waals surface area contributed by atoms with Gasteiger partial charge in [0.2, 0.25) is 0 Å².